The lowest BCUT2D eigenvalue weighted by Gasteiger charge is -2.00. The first-order valence-corrected chi connectivity index (χ1v) is 8.01. The molecule has 0 heterocycles. The van der Waals surface area contributed by atoms with E-state index in [1.54, 1.807) is 0 Å². The summed E-state index contributed by atoms with van der Waals surface area (Å²) in [4.78, 5) is 9.19. The van der Waals surface area contributed by atoms with E-state index in [9.17, 15) is 0 Å². The maximum absolute atomic E-state index is 4.59. The highest BCUT2D eigenvalue weighted by Crippen LogP contribution is 2.27. The summed E-state index contributed by atoms with van der Waals surface area (Å²) in [5.41, 5.74) is 6.38. The van der Waals surface area contributed by atoms with Crippen molar-refractivity contribution in [2.24, 2.45) is 9.98 Å². The number of hydrogen-bond acceptors (Lipinski definition) is 2. The lowest BCUT2D eigenvalue weighted by molar-refractivity contribution is 1.43. The summed E-state index contributed by atoms with van der Waals surface area (Å²) in [7, 11) is 0. The molecule has 3 aromatic carbocycles. The third kappa shape index (κ3) is 4.26. The zero-order valence-corrected chi connectivity index (χ0v) is 14.0. The number of benzene rings is 3. The fourth-order valence-electron chi connectivity index (χ4n) is 2.28. The first-order valence-electron chi connectivity index (χ1n) is 8.01. The number of aliphatic imine (C=N–C) groups is 2. The van der Waals surface area contributed by atoms with Gasteiger partial charge in [0, 0.05) is 12.4 Å². The molecule has 2 nitrogen and oxygen atoms in total. The van der Waals surface area contributed by atoms with Crippen molar-refractivity contribution in [3.05, 3.63) is 95.1 Å². The van der Waals surface area contributed by atoms with Gasteiger partial charge in [-0.2, -0.15) is 0 Å². The molecule has 118 valence electrons. The van der Waals surface area contributed by atoms with E-state index in [1.807, 2.05) is 36.7 Å². The molecule has 3 aromatic rings. The summed E-state index contributed by atoms with van der Waals surface area (Å²) >= 11 is 0. The quantitative estimate of drug-likeness (QED) is 0.544. The smallest absolute Gasteiger partial charge is 0.0886 e. The van der Waals surface area contributed by atoms with E-state index in [-0.39, 0.29) is 0 Å². The Bertz CT molecular complexity index is 783. The average molecular weight is 312 g/mol. The summed E-state index contributed by atoms with van der Waals surface area (Å²) in [6.45, 7) is 4.16. The average Bonchev–Trinajstić information content (AvgIpc) is 2.61. The van der Waals surface area contributed by atoms with Gasteiger partial charge < -0.3 is 0 Å². The van der Waals surface area contributed by atoms with Crippen molar-refractivity contribution < 1.29 is 0 Å². The van der Waals surface area contributed by atoms with E-state index in [2.05, 4.69) is 72.4 Å². The molecular weight excluding hydrogens is 292 g/mol. The number of hydrogen-bond donors (Lipinski definition) is 0. The Hall–Kier alpha value is -3.00. The first kappa shape index (κ1) is 15.9. The standard InChI is InChI=1S/C22H20N2/c1-17-7-11-19(12-8-17)15-23-21-5-3-4-6-22(21)24-16-20-13-9-18(2)10-14-20/h3-16H,1-2H3. The van der Waals surface area contributed by atoms with Gasteiger partial charge in [0.15, 0.2) is 0 Å². The van der Waals surface area contributed by atoms with Gasteiger partial charge in [-0.3, -0.25) is 9.98 Å². The van der Waals surface area contributed by atoms with Gasteiger partial charge in [0.25, 0.3) is 0 Å². The molecule has 0 aliphatic carbocycles. The lowest BCUT2D eigenvalue weighted by atomic mass is 10.2. The van der Waals surface area contributed by atoms with E-state index < -0.39 is 0 Å². The van der Waals surface area contributed by atoms with Gasteiger partial charge in [0.1, 0.15) is 0 Å². The van der Waals surface area contributed by atoms with Crippen LogP contribution < -0.4 is 0 Å². The van der Waals surface area contributed by atoms with Gasteiger partial charge in [0.05, 0.1) is 11.4 Å². The van der Waals surface area contributed by atoms with E-state index >= 15 is 0 Å². The summed E-state index contributed by atoms with van der Waals surface area (Å²) in [6, 6.07) is 24.5. The van der Waals surface area contributed by atoms with Crippen molar-refractivity contribution in [2.75, 3.05) is 0 Å². The molecule has 0 fully saturated rings. The van der Waals surface area contributed by atoms with Crippen molar-refractivity contribution in [1.82, 2.24) is 0 Å². The Morgan fingerprint density at radius 2 is 0.917 bits per heavy atom. The normalized spacial score (nSPS) is 11.4. The number of nitrogens with zero attached hydrogens (tertiary/aromatic N) is 2. The zero-order valence-electron chi connectivity index (χ0n) is 14.0. The lowest BCUT2D eigenvalue weighted by Crippen LogP contribution is -1.82. The van der Waals surface area contributed by atoms with Crippen LogP contribution >= 0.6 is 0 Å². The minimum atomic E-state index is 0.862. The van der Waals surface area contributed by atoms with Crippen LogP contribution in [0.5, 0.6) is 0 Å². The minimum Gasteiger partial charge on any atom is -0.254 e. The third-order valence-corrected chi connectivity index (χ3v) is 3.74. The number of aryl methyl sites for hydroxylation is 2. The van der Waals surface area contributed by atoms with E-state index in [0.717, 1.165) is 22.5 Å². The van der Waals surface area contributed by atoms with Crippen LogP contribution in [0, 0.1) is 13.8 Å². The summed E-state index contributed by atoms with van der Waals surface area (Å²) in [5, 5.41) is 0. The molecule has 0 amide bonds. The van der Waals surface area contributed by atoms with Crippen LogP contribution in [-0.2, 0) is 0 Å². The predicted molar refractivity (Wildman–Crippen MR) is 103 cm³/mol. The molecule has 0 bridgehead atoms. The van der Waals surface area contributed by atoms with Crippen LogP contribution in [-0.4, -0.2) is 12.4 Å². The fraction of sp³-hybridized carbons (Fsp3) is 0.0909. The van der Waals surface area contributed by atoms with Crippen LogP contribution in [0.1, 0.15) is 22.3 Å². The Labute approximate surface area is 143 Å². The van der Waals surface area contributed by atoms with E-state index in [1.165, 1.54) is 11.1 Å². The second kappa shape index (κ2) is 7.51. The molecule has 0 aliphatic rings. The Balaban J connectivity index is 1.82. The minimum absolute atomic E-state index is 0.862. The Morgan fingerprint density at radius 1 is 0.542 bits per heavy atom. The molecule has 0 spiro atoms. The summed E-state index contributed by atoms with van der Waals surface area (Å²) in [6.07, 6.45) is 3.75. The molecule has 0 saturated carbocycles. The van der Waals surface area contributed by atoms with Gasteiger partial charge in [-0.1, -0.05) is 71.8 Å². The van der Waals surface area contributed by atoms with Crippen molar-refractivity contribution in [2.45, 2.75) is 13.8 Å². The van der Waals surface area contributed by atoms with Crippen LogP contribution in [0.15, 0.2) is 82.8 Å². The molecule has 0 aliphatic heterocycles. The molecule has 0 radical (unpaired) electrons. The predicted octanol–water partition coefficient (Wildman–Crippen LogP) is 5.80. The van der Waals surface area contributed by atoms with Gasteiger partial charge in [0.2, 0.25) is 0 Å². The van der Waals surface area contributed by atoms with Crippen molar-refractivity contribution >= 4 is 23.8 Å². The SMILES string of the molecule is Cc1ccc(C=Nc2ccccc2N=Cc2ccc(C)cc2)cc1. The van der Waals surface area contributed by atoms with E-state index in [4.69, 9.17) is 0 Å². The van der Waals surface area contributed by atoms with Crippen molar-refractivity contribution in [3.8, 4) is 0 Å². The molecule has 0 atom stereocenters. The maximum atomic E-state index is 4.59. The van der Waals surface area contributed by atoms with Gasteiger partial charge in [-0.05, 0) is 37.1 Å². The second-order valence-electron chi connectivity index (χ2n) is 5.83. The number of rotatable bonds is 4. The Morgan fingerprint density at radius 3 is 1.29 bits per heavy atom. The van der Waals surface area contributed by atoms with Gasteiger partial charge in [-0.15, -0.1) is 0 Å². The molecule has 3 rings (SSSR count). The summed E-state index contributed by atoms with van der Waals surface area (Å²) < 4.78 is 0. The van der Waals surface area contributed by atoms with Gasteiger partial charge in [-0.25, -0.2) is 0 Å². The zero-order chi connectivity index (χ0) is 16.8. The number of para-hydroxylation sites is 2. The molecule has 0 aromatic heterocycles. The molecule has 0 unspecified atom stereocenters. The molecule has 2 heteroatoms. The molecule has 24 heavy (non-hydrogen) atoms. The maximum Gasteiger partial charge on any atom is 0.0886 e. The Kier molecular flexibility index (Phi) is 4.97. The van der Waals surface area contributed by atoms with Gasteiger partial charge >= 0.3 is 0 Å². The molecular formula is C22H20N2. The highest BCUT2D eigenvalue weighted by atomic mass is 14.8. The monoisotopic (exact) mass is 312 g/mol. The van der Waals surface area contributed by atoms with E-state index in [0.29, 0.717) is 0 Å². The fourth-order valence-corrected chi connectivity index (χ4v) is 2.28. The van der Waals surface area contributed by atoms with Crippen molar-refractivity contribution in [1.29, 1.82) is 0 Å². The molecule has 0 N–H and O–H groups in total. The second-order valence-corrected chi connectivity index (χ2v) is 5.83. The van der Waals surface area contributed by atoms with Crippen LogP contribution in [0.3, 0.4) is 0 Å². The molecule has 0 saturated heterocycles. The summed E-state index contributed by atoms with van der Waals surface area (Å²) in [5.74, 6) is 0. The van der Waals surface area contributed by atoms with Crippen LogP contribution in [0.4, 0.5) is 11.4 Å². The highest BCUT2D eigenvalue weighted by molar-refractivity contribution is 5.86. The topological polar surface area (TPSA) is 24.7 Å². The van der Waals surface area contributed by atoms with Crippen LogP contribution in [0.2, 0.25) is 0 Å². The third-order valence-electron chi connectivity index (χ3n) is 3.74. The first-order chi connectivity index (χ1) is 11.7. The highest BCUT2D eigenvalue weighted by Gasteiger charge is 1.97. The van der Waals surface area contributed by atoms with Crippen LogP contribution in [0.25, 0.3) is 0 Å². The van der Waals surface area contributed by atoms with Crippen molar-refractivity contribution in [3.63, 3.8) is 0 Å². The largest absolute Gasteiger partial charge is 0.254 e.